The molecule has 0 bridgehead atoms. The highest BCUT2D eigenvalue weighted by molar-refractivity contribution is 7.12. The third-order valence-electron chi connectivity index (χ3n) is 3.84. The highest BCUT2D eigenvalue weighted by Crippen LogP contribution is 2.17. The first kappa shape index (κ1) is 16.5. The van der Waals surface area contributed by atoms with E-state index in [4.69, 9.17) is 0 Å². The number of carbonyl (C=O) groups is 1. The molecule has 21 heavy (non-hydrogen) atoms. The van der Waals surface area contributed by atoms with Crippen LogP contribution in [-0.4, -0.2) is 44.2 Å². The highest BCUT2D eigenvalue weighted by Gasteiger charge is 2.09. The lowest BCUT2D eigenvalue weighted by Gasteiger charge is -2.26. The van der Waals surface area contributed by atoms with Crippen molar-refractivity contribution in [2.75, 3.05) is 33.3 Å². The summed E-state index contributed by atoms with van der Waals surface area (Å²) in [7, 11) is 1.43. The van der Waals surface area contributed by atoms with E-state index in [1.165, 1.54) is 57.3 Å². The average molecular weight is 310 g/mol. The second kappa shape index (κ2) is 9.18. The van der Waals surface area contributed by atoms with Gasteiger partial charge in [0, 0.05) is 16.3 Å². The fourth-order valence-corrected chi connectivity index (χ4v) is 3.62. The Labute approximate surface area is 131 Å². The average Bonchev–Trinajstić information content (AvgIpc) is 2.95. The summed E-state index contributed by atoms with van der Waals surface area (Å²) in [6.45, 7) is 5.72. The summed E-state index contributed by atoms with van der Waals surface area (Å²) >= 11 is 1.69. The first-order chi connectivity index (χ1) is 10.3. The monoisotopic (exact) mass is 310 g/mol. The lowest BCUT2D eigenvalue weighted by atomic mass is 10.1. The summed E-state index contributed by atoms with van der Waals surface area (Å²) < 4.78 is 4.68. The van der Waals surface area contributed by atoms with Gasteiger partial charge in [0.2, 0.25) is 0 Å². The van der Waals surface area contributed by atoms with E-state index < -0.39 is 0 Å². The van der Waals surface area contributed by atoms with Crippen molar-refractivity contribution in [2.45, 2.75) is 38.6 Å². The van der Waals surface area contributed by atoms with Gasteiger partial charge >= 0.3 is 5.97 Å². The van der Waals surface area contributed by atoms with Crippen LogP contribution in [0.1, 0.15) is 35.4 Å². The molecule has 118 valence electrons. The second-order valence-corrected chi connectivity index (χ2v) is 6.81. The number of piperidine rings is 1. The van der Waals surface area contributed by atoms with Gasteiger partial charge in [-0.2, -0.15) is 0 Å². The molecule has 2 heterocycles. The van der Waals surface area contributed by atoms with E-state index in [0.717, 1.165) is 18.0 Å². The number of rotatable bonds is 8. The third kappa shape index (κ3) is 6.16. The molecule has 1 saturated heterocycles. The van der Waals surface area contributed by atoms with Crippen molar-refractivity contribution in [3.05, 3.63) is 21.9 Å². The minimum absolute atomic E-state index is 0.169. The molecule has 0 atom stereocenters. The Morgan fingerprint density at radius 1 is 1.29 bits per heavy atom. The van der Waals surface area contributed by atoms with Crippen LogP contribution in [0.2, 0.25) is 0 Å². The van der Waals surface area contributed by atoms with Crippen molar-refractivity contribution in [3.8, 4) is 0 Å². The van der Waals surface area contributed by atoms with Gasteiger partial charge in [-0.1, -0.05) is 6.42 Å². The Bertz CT molecular complexity index is 428. The maximum atomic E-state index is 11.2. The number of methoxy groups -OCH3 is 1. The van der Waals surface area contributed by atoms with E-state index >= 15 is 0 Å². The van der Waals surface area contributed by atoms with Crippen LogP contribution in [-0.2, 0) is 22.5 Å². The maximum absolute atomic E-state index is 11.2. The Hall–Kier alpha value is -0.910. The Morgan fingerprint density at radius 3 is 2.81 bits per heavy atom. The van der Waals surface area contributed by atoms with Gasteiger partial charge in [0.25, 0.3) is 0 Å². The van der Waals surface area contributed by atoms with E-state index in [9.17, 15) is 4.79 Å². The number of thiophene rings is 1. The number of nitrogens with zero attached hydrogens (tertiary/aromatic N) is 1. The fraction of sp³-hybridized carbons (Fsp3) is 0.688. The van der Waals surface area contributed by atoms with Crippen LogP contribution in [0.4, 0.5) is 0 Å². The normalized spacial score (nSPS) is 16.0. The van der Waals surface area contributed by atoms with Crippen LogP contribution >= 0.6 is 11.3 Å². The van der Waals surface area contributed by atoms with Crippen molar-refractivity contribution in [3.63, 3.8) is 0 Å². The first-order valence-corrected chi connectivity index (χ1v) is 8.67. The SMILES string of the molecule is COC(=O)Cc1ccc(CNCCCN2CCCCC2)s1. The zero-order valence-electron chi connectivity index (χ0n) is 12.9. The van der Waals surface area contributed by atoms with Gasteiger partial charge in [-0.15, -0.1) is 11.3 Å². The van der Waals surface area contributed by atoms with Crippen molar-refractivity contribution >= 4 is 17.3 Å². The summed E-state index contributed by atoms with van der Waals surface area (Å²) in [5.74, 6) is -0.169. The molecular weight excluding hydrogens is 284 g/mol. The van der Waals surface area contributed by atoms with Crippen LogP contribution < -0.4 is 5.32 Å². The van der Waals surface area contributed by atoms with Gasteiger partial charge in [0.15, 0.2) is 0 Å². The molecule has 0 aromatic carbocycles. The van der Waals surface area contributed by atoms with E-state index in [2.05, 4.69) is 21.0 Å². The minimum Gasteiger partial charge on any atom is -0.469 e. The smallest absolute Gasteiger partial charge is 0.310 e. The van der Waals surface area contributed by atoms with Gasteiger partial charge in [-0.3, -0.25) is 4.79 Å². The van der Waals surface area contributed by atoms with Crippen molar-refractivity contribution < 1.29 is 9.53 Å². The van der Waals surface area contributed by atoms with Crippen LogP contribution in [0.25, 0.3) is 0 Å². The maximum Gasteiger partial charge on any atom is 0.310 e. The van der Waals surface area contributed by atoms with Gasteiger partial charge in [0.05, 0.1) is 13.5 Å². The number of nitrogens with one attached hydrogen (secondary N) is 1. The lowest BCUT2D eigenvalue weighted by Crippen LogP contribution is -2.32. The topological polar surface area (TPSA) is 41.6 Å². The molecule has 5 heteroatoms. The van der Waals surface area contributed by atoms with E-state index in [0.29, 0.717) is 6.42 Å². The molecule has 2 rings (SSSR count). The molecule has 0 aliphatic carbocycles. The third-order valence-corrected chi connectivity index (χ3v) is 4.92. The molecule has 0 amide bonds. The molecule has 0 spiro atoms. The van der Waals surface area contributed by atoms with Crippen LogP contribution in [0.15, 0.2) is 12.1 Å². The van der Waals surface area contributed by atoms with Crippen molar-refractivity contribution in [2.24, 2.45) is 0 Å². The zero-order chi connectivity index (χ0) is 14.9. The van der Waals surface area contributed by atoms with Gasteiger partial charge in [-0.05, 0) is 57.6 Å². The highest BCUT2D eigenvalue weighted by atomic mass is 32.1. The first-order valence-electron chi connectivity index (χ1n) is 7.85. The lowest BCUT2D eigenvalue weighted by molar-refractivity contribution is -0.139. The number of esters is 1. The largest absolute Gasteiger partial charge is 0.469 e. The Balaban J connectivity index is 1.57. The van der Waals surface area contributed by atoms with Gasteiger partial charge < -0.3 is 15.0 Å². The van der Waals surface area contributed by atoms with Gasteiger partial charge in [-0.25, -0.2) is 0 Å². The molecule has 1 N–H and O–H groups in total. The molecule has 1 aliphatic heterocycles. The van der Waals surface area contributed by atoms with Crippen LogP contribution in [0.5, 0.6) is 0 Å². The summed E-state index contributed by atoms with van der Waals surface area (Å²) in [6.07, 6.45) is 5.73. The van der Waals surface area contributed by atoms with Gasteiger partial charge in [0.1, 0.15) is 0 Å². The molecule has 0 unspecified atom stereocenters. The molecule has 4 nitrogen and oxygen atoms in total. The van der Waals surface area contributed by atoms with E-state index in [1.54, 1.807) is 11.3 Å². The standard InChI is InChI=1S/C16H26N2O2S/c1-20-16(19)12-14-6-7-15(21-14)13-17-8-5-11-18-9-3-2-4-10-18/h6-7,17H,2-5,8-13H2,1H3. The van der Waals surface area contributed by atoms with Crippen LogP contribution in [0.3, 0.4) is 0 Å². The summed E-state index contributed by atoms with van der Waals surface area (Å²) in [4.78, 5) is 16.1. The summed E-state index contributed by atoms with van der Waals surface area (Å²) in [5.41, 5.74) is 0. The summed E-state index contributed by atoms with van der Waals surface area (Å²) in [6, 6.07) is 4.12. The number of carbonyl (C=O) groups excluding carboxylic acids is 1. The molecular formula is C16H26N2O2S. The number of ether oxygens (including phenoxy) is 1. The number of hydrogen-bond acceptors (Lipinski definition) is 5. The quantitative estimate of drug-likeness (QED) is 0.591. The number of hydrogen-bond donors (Lipinski definition) is 1. The summed E-state index contributed by atoms with van der Waals surface area (Å²) in [5, 5.41) is 3.49. The van der Waals surface area contributed by atoms with E-state index in [1.807, 2.05) is 6.07 Å². The zero-order valence-corrected chi connectivity index (χ0v) is 13.7. The molecule has 1 aromatic heterocycles. The van der Waals surface area contributed by atoms with Crippen molar-refractivity contribution in [1.82, 2.24) is 10.2 Å². The molecule has 1 fully saturated rings. The number of likely N-dealkylation sites (tertiary alicyclic amines) is 1. The van der Waals surface area contributed by atoms with Crippen molar-refractivity contribution in [1.29, 1.82) is 0 Å². The second-order valence-electron chi connectivity index (χ2n) is 5.55. The van der Waals surface area contributed by atoms with Crippen LogP contribution in [0, 0.1) is 0 Å². The Morgan fingerprint density at radius 2 is 2.05 bits per heavy atom. The predicted octanol–water partition coefficient (Wildman–Crippen LogP) is 2.43. The fourth-order valence-electron chi connectivity index (χ4n) is 2.65. The molecule has 0 saturated carbocycles. The minimum atomic E-state index is -0.169. The molecule has 1 aliphatic rings. The molecule has 0 radical (unpaired) electrons. The molecule has 1 aromatic rings. The predicted molar refractivity (Wildman–Crippen MR) is 86.7 cm³/mol. The van der Waals surface area contributed by atoms with E-state index in [-0.39, 0.29) is 5.97 Å². The Kier molecular flexibility index (Phi) is 7.19.